The Morgan fingerprint density at radius 3 is 2.88 bits per heavy atom. The summed E-state index contributed by atoms with van der Waals surface area (Å²) in [6.07, 6.45) is 8.62. The highest BCUT2D eigenvalue weighted by Gasteiger charge is 2.25. The number of nitrogens with one attached hydrogen (secondary N) is 2. The molecule has 1 aliphatic rings. The molecule has 1 fully saturated rings. The van der Waals surface area contributed by atoms with Crippen molar-refractivity contribution in [3.05, 3.63) is 0 Å². The molecule has 0 radical (unpaired) electrons. The van der Waals surface area contributed by atoms with Crippen LogP contribution in [-0.2, 0) is 4.79 Å². The van der Waals surface area contributed by atoms with Crippen LogP contribution in [0.5, 0.6) is 0 Å². The molecule has 94 valence electrons. The lowest BCUT2D eigenvalue weighted by Gasteiger charge is -2.20. The highest BCUT2D eigenvalue weighted by Crippen LogP contribution is 2.29. The maximum absolute atomic E-state index is 11.1. The summed E-state index contributed by atoms with van der Waals surface area (Å²) >= 11 is 0. The summed E-state index contributed by atoms with van der Waals surface area (Å²) in [7, 11) is 1.70. The van der Waals surface area contributed by atoms with Crippen LogP contribution >= 0.6 is 0 Å². The van der Waals surface area contributed by atoms with Gasteiger partial charge in [-0.1, -0.05) is 26.2 Å². The van der Waals surface area contributed by atoms with Gasteiger partial charge >= 0.3 is 0 Å². The lowest BCUT2D eigenvalue weighted by molar-refractivity contribution is -0.120. The first-order chi connectivity index (χ1) is 7.77. The van der Waals surface area contributed by atoms with Crippen molar-refractivity contribution in [3.8, 4) is 0 Å². The molecule has 16 heavy (non-hydrogen) atoms. The van der Waals surface area contributed by atoms with E-state index in [1.54, 1.807) is 7.05 Å². The van der Waals surface area contributed by atoms with Gasteiger partial charge < -0.3 is 10.6 Å². The Morgan fingerprint density at radius 1 is 1.38 bits per heavy atom. The lowest BCUT2D eigenvalue weighted by atomic mass is 9.97. The zero-order valence-electron chi connectivity index (χ0n) is 10.7. The minimum Gasteiger partial charge on any atom is -0.359 e. The maximum atomic E-state index is 11.1. The average Bonchev–Trinajstić information content (AvgIpc) is 2.73. The Kier molecular flexibility index (Phi) is 6.46. The quantitative estimate of drug-likeness (QED) is 0.698. The fourth-order valence-electron chi connectivity index (χ4n) is 2.61. The molecule has 2 unspecified atom stereocenters. The van der Waals surface area contributed by atoms with Crippen molar-refractivity contribution in [2.24, 2.45) is 5.92 Å². The van der Waals surface area contributed by atoms with Crippen LogP contribution in [-0.4, -0.2) is 25.5 Å². The molecule has 1 aliphatic carbocycles. The monoisotopic (exact) mass is 226 g/mol. The molecule has 0 bridgehead atoms. The minimum absolute atomic E-state index is 0.135. The molecule has 0 aliphatic heterocycles. The molecule has 0 aromatic carbocycles. The number of amides is 1. The zero-order chi connectivity index (χ0) is 11.8. The minimum atomic E-state index is 0.135. The molecule has 1 amide bonds. The van der Waals surface area contributed by atoms with Gasteiger partial charge in [-0.05, 0) is 25.2 Å². The van der Waals surface area contributed by atoms with Gasteiger partial charge in [-0.15, -0.1) is 0 Å². The smallest absolute Gasteiger partial charge is 0.221 e. The second-order valence-corrected chi connectivity index (χ2v) is 4.82. The third kappa shape index (κ3) is 4.52. The van der Waals surface area contributed by atoms with E-state index in [-0.39, 0.29) is 5.91 Å². The van der Waals surface area contributed by atoms with E-state index in [0.717, 1.165) is 12.5 Å². The van der Waals surface area contributed by atoms with Crippen LogP contribution in [0.3, 0.4) is 0 Å². The van der Waals surface area contributed by atoms with Gasteiger partial charge in [0.15, 0.2) is 0 Å². The molecule has 1 saturated carbocycles. The summed E-state index contributed by atoms with van der Waals surface area (Å²) in [6.45, 7) is 3.08. The molecule has 2 atom stereocenters. The van der Waals surface area contributed by atoms with Crippen molar-refractivity contribution >= 4 is 5.91 Å². The highest BCUT2D eigenvalue weighted by atomic mass is 16.1. The van der Waals surface area contributed by atoms with Crippen molar-refractivity contribution in [3.63, 3.8) is 0 Å². The van der Waals surface area contributed by atoms with Crippen LogP contribution in [0.1, 0.15) is 51.9 Å². The van der Waals surface area contributed by atoms with Gasteiger partial charge in [-0.2, -0.15) is 0 Å². The largest absolute Gasteiger partial charge is 0.359 e. The van der Waals surface area contributed by atoms with Crippen molar-refractivity contribution in [2.75, 3.05) is 13.6 Å². The maximum Gasteiger partial charge on any atom is 0.221 e. The molecular weight excluding hydrogens is 200 g/mol. The van der Waals surface area contributed by atoms with Crippen molar-refractivity contribution in [1.82, 2.24) is 10.6 Å². The van der Waals surface area contributed by atoms with E-state index >= 15 is 0 Å². The fourth-order valence-corrected chi connectivity index (χ4v) is 2.61. The summed E-state index contributed by atoms with van der Waals surface area (Å²) < 4.78 is 0. The summed E-state index contributed by atoms with van der Waals surface area (Å²) in [5.41, 5.74) is 0. The number of rotatable bonds is 7. The summed E-state index contributed by atoms with van der Waals surface area (Å²) in [4.78, 5) is 11.1. The number of hydrogen-bond acceptors (Lipinski definition) is 2. The van der Waals surface area contributed by atoms with E-state index in [1.165, 1.54) is 38.5 Å². The van der Waals surface area contributed by atoms with Gasteiger partial charge in [0, 0.05) is 26.1 Å². The molecule has 0 heterocycles. The van der Waals surface area contributed by atoms with E-state index in [0.29, 0.717) is 12.5 Å². The van der Waals surface area contributed by atoms with E-state index < -0.39 is 0 Å². The molecule has 0 aromatic heterocycles. The van der Waals surface area contributed by atoms with E-state index in [9.17, 15) is 4.79 Å². The van der Waals surface area contributed by atoms with Gasteiger partial charge in [0.2, 0.25) is 5.91 Å². The normalized spacial score (nSPS) is 24.6. The summed E-state index contributed by atoms with van der Waals surface area (Å²) in [5, 5.41) is 6.20. The summed E-state index contributed by atoms with van der Waals surface area (Å²) in [6, 6.07) is 0.663. The van der Waals surface area contributed by atoms with Crippen LogP contribution in [0.15, 0.2) is 0 Å². The third-order valence-electron chi connectivity index (χ3n) is 3.62. The number of hydrogen-bond donors (Lipinski definition) is 2. The fraction of sp³-hybridized carbons (Fsp3) is 0.923. The van der Waals surface area contributed by atoms with Crippen molar-refractivity contribution in [1.29, 1.82) is 0 Å². The predicted molar refractivity (Wildman–Crippen MR) is 67.3 cm³/mol. The van der Waals surface area contributed by atoms with Gasteiger partial charge in [-0.25, -0.2) is 0 Å². The molecule has 2 N–H and O–H groups in total. The second kappa shape index (κ2) is 7.66. The highest BCUT2D eigenvalue weighted by molar-refractivity contribution is 5.75. The molecule has 0 aromatic rings. The second-order valence-electron chi connectivity index (χ2n) is 4.82. The standard InChI is InChI=1S/C13H26N2O/c1-3-4-6-11-7-5-8-12(11)15-10-9-13(16)14-2/h11-12,15H,3-10H2,1-2H3,(H,14,16). The number of unbranched alkanes of at least 4 members (excludes halogenated alkanes) is 1. The topological polar surface area (TPSA) is 41.1 Å². The van der Waals surface area contributed by atoms with Gasteiger partial charge in [-0.3, -0.25) is 4.79 Å². The van der Waals surface area contributed by atoms with Gasteiger partial charge in [0.1, 0.15) is 0 Å². The van der Waals surface area contributed by atoms with E-state index in [1.807, 2.05) is 0 Å². The SMILES string of the molecule is CCCCC1CCCC1NCCC(=O)NC. The Balaban J connectivity index is 2.16. The van der Waals surface area contributed by atoms with Crippen LogP contribution in [0.2, 0.25) is 0 Å². The van der Waals surface area contributed by atoms with Gasteiger partial charge in [0.25, 0.3) is 0 Å². The number of carbonyl (C=O) groups is 1. The first-order valence-corrected chi connectivity index (χ1v) is 6.72. The lowest BCUT2D eigenvalue weighted by Crippen LogP contribution is -2.35. The molecule has 0 spiro atoms. The molecular formula is C13H26N2O. The van der Waals surface area contributed by atoms with E-state index in [2.05, 4.69) is 17.6 Å². The van der Waals surface area contributed by atoms with E-state index in [4.69, 9.17) is 0 Å². The number of carbonyl (C=O) groups excluding carboxylic acids is 1. The molecule has 3 heteroatoms. The Labute approximate surface area is 99.4 Å². The van der Waals surface area contributed by atoms with Crippen LogP contribution < -0.4 is 10.6 Å². The first-order valence-electron chi connectivity index (χ1n) is 6.72. The van der Waals surface area contributed by atoms with Crippen LogP contribution in [0, 0.1) is 5.92 Å². The zero-order valence-corrected chi connectivity index (χ0v) is 10.7. The predicted octanol–water partition coefficient (Wildman–Crippen LogP) is 2.07. The molecule has 0 saturated heterocycles. The average molecular weight is 226 g/mol. The summed E-state index contributed by atoms with van der Waals surface area (Å²) in [5.74, 6) is 0.986. The van der Waals surface area contributed by atoms with Gasteiger partial charge in [0.05, 0.1) is 0 Å². The molecule has 3 nitrogen and oxygen atoms in total. The van der Waals surface area contributed by atoms with Crippen LogP contribution in [0.25, 0.3) is 0 Å². The molecule has 1 rings (SSSR count). The first kappa shape index (κ1) is 13.5. The van der Waals surface area contributed by atoms with Crippen molar-refractivity contribution in [2.45, 2.75) is 57.9 Å². The van der Waals surface area contributed by atoms with Crippen LogP contribution in [0.4, 0.5) is 0 Å². The Bertz CT molecular complexity index is 206. The van der Waals surface area contributed by atoms with Crippen molar-refractivity contribution < 1.29 is 4.79 Å². The Hall–Kier alpha value is -0.570. The third-order valence-corrected chi connectivity index (χ3v) is 3.62. The Morgan fingerprint density at radius 2 is 2.19 bits per heavy atom.